The third-order valence-corrected chi connectivity index (χ3v) is 6.62. The molecule has 0 spiro atoms. The van der Waals surface area contributed by atoms with Crippen molar-refractivity contribution < 1.29 is 22.8 Å². The zero-order valence-corrected chi connectivity index (χ0v) is 20.3. The summed E-state index contributed by atoms with van der Waals surface area (Å²) in [6, 6.07) is 17.3. The maximum atomic E-state index is 12.9. The Morgan fingerprint density at radius 3 is 2.42 bits per heavy atom. The van der Waals surface area contributed by atoms with E-state index in [0.717, 1.165) is 0 Å². The average molecular weight is 509 g/mol. The van der Waals surface area contributed by atoms with Crippen LogP contribution in [0.4, 0.5) is 17.2 Å². The van der Waals surface area contributed by atoms with E-state index in [1.807, 2.05) is 0 Å². The van der Waals surface area contributed by atoms with Crippen LogP contribution in [0.25, 0.3) is 23.0 Å². The van der Waals surface area contributed by atoms with Crippen molar-refractivity contribution in [2.45, 2.75) is 18.7 Å². The molecule has 4 rings (SSSR count). The predicted molar refractivity (Wildman–Crippen MR) is 134 cm³/mol. The molecule has 2 aromatic carbocycles. The molecule has 0 saturated carbocycles. The Labute approximate surface area is 207 Å². The lowest BCUT2D eigenvalue weighted by Crippen LogP contribution is -2.33. The molecular weight excluding hydrogens is 484 g/mol. The number of anilines is 3. The highest BCUT2D eigenvalue weighted by Gasteiger charge is 2.26. The number of nitrogens with one attached hydrogen (secondary N) is 2. The van der Waals surface area contributed by atoms with E-state index < -0.39 is 21.3 Å². The Kier molecular flexibility index (Phi) is 6.73. The lowest BCUT2D eigenvalue weighted by Gasteiger charge is -2.20. The molecule has 0 fully saturated rings. The van der Waals surface area contributed by atoms with Gasteiger partial charge in [0.05, 0.1) is 22.6 Å². The van der Waals surface area contributed by atoms with Gasteiger partial charge in [0, 0.05) is 11.3 Å². The van der Waals surface area contributed by atoms with E-state index in [-0.39, 0.29) is 28.9 Å². The summed E-state index contributed by atoms with van der Waals surface area (Å²) >= 11 is 0. The van der Waals surface area contributed by atoms with Gasteiger partial charge in [0.25, 0.3) is 15.9 Å². The van der Waals surface area contributed by atoms with Crippen molar-refractivity contribution in [3.8, 4) is 23.0 Å². The SMILES string of the molecule is CC(C)(CO)C(=O)Nc1cccc(NS(=O)(=O)c2ccc(-c3noc(-c4cccc(N)n4)n3)cc2)c1. The van der Waals surface area contributed by atoms with Gasteiger partial charge in [-0.25, -0.2) is 13.4 Å². The number of rotatable bonds is 8. The van der Waals surface area contributed by atoms with Crippen LogP contribution in [0.2, 0.25) is 0 Å². The number of carbonyl (C=O) groups is 1. The van der Waals surface area contributed by atoms with Gasteiger partial charge in [0.2, 0.25) is 11.7 Å². The molecule has 1 amide bonds. The normalized spacial score (nSPS) is 11.8. The largest absolute Gasteiger partial charge is 0.395 e. The van der Waals surface area contributed by atoms with Gasteiger partial charge in [-0.1, -0.05) is 17.3 Å². The number of aromatic nitrogens is 3. The minimum absolute atomic E-state index is 0.0170. The molecule has 0 saturated heterocycles. The molecule has 5 N–H and O–H groups in total. The fourth-order valence-corrected chi connectivity index (χ4v) is 4.09. The number of aliphatic hydroxyl groups excluding tert-OH is 1. The average Bonchev–Trinajstić information content (AvgIpc) is 3.34. The van der Waals surface area contributed by atoms with Crippen LogP contribution in [-0.2, 0) is 14.8 Å². The van der Waals surface area contributed by atoms with E-state index >= 15 is 0 Å². The Morgan fingerprint density at radius 1 is 1.03 bits per heavy atom. The van der Waals surface area contributed by atoms with Crippen LogP contribution in [0.15, 0.2) is 76.1 Å². The Hall–Kier alpha value is -4.29. The van der Waals surface area contributed by atoms with Gasteiger partial charge in [-0.15, -0.1) is 0 Å². The molecule has 0 bridgehead atoms. The molecule has 11 nitrogen and oxygen atoms in total. The molecule has 0 aliphatic rings. The van der Waals surface area contributed by atoms with E-state index in [0.29, 0.717) is 22.8 Å². The smallest absolute Gasteiger partial charge is 0.276 e. The van der Waals surface area contributed by atoms with Crippen molar-refractivity contribution in [2.75, 3.05) is 22.4 Å². The van der Waals surface area contributed by atoms with Crippen molar-refractivity contribution >= 4 is 33.1 Å². The second kappa shape index (κ2) is 9.76. The van der Waals surface area contributed by atoms with Gasteiger partial charge in [-0.05, 0) is 68.4 Å². The topological polar surface area (TPSA) is 173 Å². The lowest BCUT2D eigenvalue weighted by molar-refractivity contribution is -0.125. The van der Waals surface area contributed by atoms with Crippen LogP contribution in [0.3, 0.4) is 0 Å². The Balaban J connectivity index is 1.49. The Morgan fingerprint density at radius 2 is 1.72 bits per heavy atom. The predicted octanol–water partition coefficient (Wildman–Crippen LogP) is 3.14. The van der Waals surface area contributed by atoms with Crippen molar-refractivity contribution in [3.63, 3.8) is 0 Å². The van der Waals surface area contributed by atoms with Gasteiger partial charge in [0.1, 0.15) is 11.5 Å². The Bertz CT molecular complexity index is 1500. The zero-order chi connectivity index (χ0) is 25.9. The number of sulfonamides is 1. The summed E-state index contributed by atoms with van der Waals surface area (Å²) < 4.78 is 33.6. The van der Waals surface area contributed by atoms with Crippen LogP contribution in [0, 0.1) is 5.41 Å². The number of carbonyl (C=O) groups excluding carboxylic acids is 1. The molecule has 0 aliphatic carbocycles. The van der Waals surface area contributed by atoms with Crippen LogP contribution in [0.1, 0.15) is 13.8 Å². The van der Waals surface area contributed by atoms with Gasteiger partial charge >= 0.3 is 0 Å². The molecule has 36 heavy (non-hydrogen) atoms. The highest BCUT2D eigenvalue weighted by molar-refractivity contribution is 7.92. The second-order valence-electron chi connectivity index (χ2n) is 8.58. The molecule has 2 aromatic heterocycles. The van der Waals surface area contributed by atoms with E-state index in [4.69, 9.17) is 10.3 Å². The number of hydrogen-bond donors (Lipinski definition) is 4. The highest BCUT2D eigenvalue weighted by atomic mass is 32.2. The second-order valence-corrected chi connectivity index (χ2v) is 10.3. The van der Waals surface area contributed by atoms with Crippen LogP contribution >= 0.6 is 0 Å². The van der Waals surface area contributed by atoms with E-state index in [1.54, 1.807) is 62.4 Å². The first-order valence-electron chi connectivity index (χ1n) is 10.8. The molecule has 0 unspecified atom stereocenters. The molecule has 0 aliphatic heterocycles. The quantitative estimate of drug-likeness (QED) is 0.279. The minimum atomic E-state index is -3.92. The first kappa shape index (κ1) is 24.8. The first-order valence-corrected chi connectivity index (χ1v) is 12.3. The zero-order valence-electron chi connectivity index (χ0n) is 19.5. The summed E-state index contributed by atoms with van der Waals surface area (Å²) in [7, 11) is -3.92. The van der Waals surface area contributed by atoms with Crippen LogP contribution < -0.4 is 15.8 Å². The number of nitrogen functional groups attached to an aromatic ring is 1. The van der Waals surface area contributed by atoms with Crippen molar-refractivity contribution in [2.24, 2.45) is 5.41 Å². The summed E-state index contributed by atoms with van der Waals surface area (Å²) in [4.78, 5) is 20.7. The summed E-state index contributed by atoms with van der Waals surface area (Å²) in [6.45, 7) is 2.87. The molecule has 186 valence electrons. The molecule has 0 atom stereocenters. The summed E-state index contributed by atoms with van der Waals surface area (Å²) in [6.07, 6.45) is 0. The molecular formula is C24H24N6O5S. The summed E-state index contributed by atoms with van der Waals surface area (Å²) in [5.41, 5.74) is 6.32. The number of pyridine rings is 1. The number of amides is 1. The molecule has 2 heterocycles. The lowest BCUT2D eigenvalue weighted by atomic mass is 9.93. The molecule has 12 heteroatoms. The van der Waals surface area contributed by atoms with Gasteiger partial charge in [-0.3, -0.25) is 9.52 Å². The highest BCUT2D eigenvalue weighted by Crippen LogP contribution is 2.25. The molecule has 0 radical (unpaired) electrons. The molecule has 4 aromatic rings. The summed E-state index contributed by atoms with van der Waals surface area (Å²) in [5.74, 6) is 0.373. The first-order chi connectivity index (χ1) is 17.1. The minimum Gasteiger partial charge on any atom is -0.395 e. The van der Waals surface area contributed by atoms with E-state index in [1.165, 1.54) is 18.2 Å². The standard InChI is InChI=1S/C24H24N6O5S/c1-24(2,14-31)23(32)26-16-5-3-6-17(13-16)30-36(33,34)18-11-9-15(10-12-18)21-28-22(35-29-21)19-7-4-8-20(25)27-19/h3-13,30-31H,14H2,1-2H3,(H2,25,27)(H,26,32). The van der Waals surface area contributed by atoms with Crippen LogP contribution in [-0.4, -0.2) is 41.2 Å². The number of aliphatic hydroxyl groups is 1. The number of nitrogens with zero attached hydrogens (tertiary/aromatic N) is 3. The van der Waals surface area contributed by atoms with E-state index in [9.17, 15) is 18.3 Å². The maximum Gasteiger partial charge on any atom is 0.276 e. The van der Waals surface area contributed by atoms with E-state index in [2.05, 4.69) is 25.2 Å². The van der Waals surface area contributed by atoms with Crippen LogP contribution in [0.5, 0.6) is 0 Å². The fourth-order valence-electron chi connectivity index (χ4n) is 3.05. The fraction of sp³-hybridized carbons (Fsp3) is 0.167. The number of nitrogens with two attached hydrogens (primary N) is 1. The third-order valence-electron chi connectivity index (χ3n) is 5.22. The van der Waals surface area contributed by atoms with Crippen molar-refractivity contribution in [3.05, 3.63) is 66.7 Å². The number of hydrogen-bond acceptors (Lipinski definition) is 9. The third kappa shape index (κ3) is 5.50. The summed E-state index contributed by atoms with van der Waals surface area (Å²) in [5, 5.41) is 16.0. The van der Waals surface area contributed by atoms with Crippen molar-refractivity contribution in [1.82, 2.24) is 15.1 Å². The van der Waals surface area contributed by atoms with Gasteiger partial charge in [-0.2, -0.15) is 4.98 Å². The monoisotopic (exact) mass is 508 g/mol. The van der Waals surface area contributed by atoms with Gasteiger partial charge < -0.3 is 20.7 Å². The number of benzene rings is 2. The van der Waals surface area contributed by atoms with Crippen molar-refractivity contribution in [1.29, 1.82) is 0 Å². The van der Waals surface area contributed by atoms with Gasteiger partial charge in [0.15, 0.2) is 0 Å². The maximum absolute atomic E-state index is 12.9.